The summed E-state index contributed by atoms with van der Waals surface area (Å²) >= 11 is 0. The molecule has 0 bridgehead atoms. The SMILES string of the molecule is CCCNC1(C(=O)OCC)CCC(N(C)CCOC)C1. The molecule has 0 aromatic carbocycles. The van der Waals surface area contributed by atoms with Crippen LogP contribution >= 0.6 is 0 Å². The fraction of sp³-hybridized carbons (Fsp3) is 0.933. The van der Waals surface area contributed by atoms with Gasteiger partial charge >= 0.3 is 5.97 Å². The first-order chi connectivity index (χ1) is 9.59. The lowest BCUT2D eigenvalue weighted by atomic mass is 9.97. The molecule has 0 aromatic rings. The lowest BCUT2D eigenvalue weighted by Gasteiger charge is -2.30. The lowest BCUT2D eigenvalue weighted by Crippen LogP contribution is -2.52. The number of rotatable bonds is 9. The molecule has 1 aliphatic carbocycles. The molecule has 1 fully saturated rings. The van der Waals surface area contributed by atoms with Crippen LogP contribution in [-0.4, -0.2) is 62.9 Å². The van der Waals surface area contributed by atoms with Crippen LogP contribution < -0.4 is 5.32 Å². The zero-order valence-electron chi connectivity index (χ0n) is 13.4. The average molecular weight is 286 g/mol. The van der Waals surface area contributed by atoms with Crippen LogP contribution in [0.15, 0.2) is 0 Å². The number of esters is 1. The number of nitrogens with one attached hydrogen (secondary N) is 1. The third-order valence-corrected chi connectivity index (χ3v) is 4.14. The van der Waals surface area contributed by atoms with E-state index in [1.54, 1.807) is 7.11 Å². The van der Waals surface area contributed by atoms with Gasteiger partial charge in [-0.3, -0.25) is 4.79 Å². The minimum absolute atomic E-state index is 0.0870. The van der Waals surface area contributed by atoms with Crippen LogP contribution in [-0.2, 0) is 14.3 Å². The van der Waals surface area contributed by atoms with Crippen molar-refractivity contribution in [2.75, 3.05) is 40.5 Å². The second kappa shape index (κ2) is 8.60. The van der Waals surface area contributed by atoms with Crippen LogP contribution in [0.2, 0.25) is 0 Å². The molecule has 1 saturated carbocycles. The first-order valence-electron chi connectivity index (χ1n) is 7.71. The van der Waals surface area contributed by atoms with E-state index in [0.717, 1.165) is 45.4 Å². The molecule has 2 unspecified atom stereocenters. The monoisotopic (exact) mass is 286 g/mol. The normalized spacial score (nSPS) is 26.1. The predicted molar refractivity (Wildman–Crippen MR) is 79.8 cm³/mol. The minimum Gasteiger partial charge on any atom is -0.465 e. The quantitative estimate of drug-likeness (QED) is 0.650. The van der Waals surface area contributed by atoms with Crippen LogP contribution in [0.3, 0.4) is 0 Å². The van der Waals surface area contributed by atoms with Crippen LogP contribution in [0.5, 0.6) is 0 Å². The Morgan fingerprint density at radius 3 is 2.80 bits per heavy atom. The second-order valence-electron chi connectivity index (χ2n) is 5.60. The number of likely N-dealkylation sites (N-methyl/N-ethyl adjacent to an activating group) is 1. The maximum atomic E-state index is 12.3. The van der Waals surface area contributed by atoms with Crippen molar-refractivity contribution in [2.24, 2.45) is 0 Å². The van der Waals surface area contributed by atoms with Gasteiger partial charge in [0, 0.05) is 19.7 Å². The molecule has 0 amide bonds. The number of nitrogens with zero attached hydrogens (tertiary/aromatic N) is 1. The summed E-state index contributed by atoms with van der Waals surface area (Å²) in [6.07, 6.45) is 3.72. The molecule has 1 aliphatic rings. The van der Waals surface area contributed by atoms with Gasteiger partial charge in [0.05, 0.1) is 13.2 Å². The number of carbonyl (C=O) groups excluding carboxylic acids is 1. The molecule has 0 radical (unpaired) electrons. The van der Waals surface area contributed by atoms with Crippen molar-refractivity contribution in [3.8, 4) is 0 Å². The molecule has 1 rings (SSSR count). The van der Waals surface area contributed by atoms with E-state index in [2.05, 4.69) is 24.2 Å². The molecule has 0 heterocycles. The fourth-order valence-electron chi connectivity index (χ4n) is 2.87. The van der Waals surface area contributed by atoms with E-state index in [4.69, 9.17) is 9.47 Å². The van der Waals surface area contributed by atoms with Gasteiger partial charge < -0.3 is 19.7 Å². The van der Waals surface area contributed by atoms with E-state index in [1.165, 1.54) is 0 Å². The Bertz CT molecular complexity index is 299. The molecule has 5 heteroatoms. The number of ether oxygens (including phenoxy) is 2. The number of hydrogen-bond acceptors (Lipinski definition) is 5. The summed E-state index contributed by atoms with van der Waals surface area (Å²) in [5.41, 5.74) is -0.488. The maximum absolute atomic E-state index is 12.3. The first kappa shape index (κ1) is 17.4. The maximum Gasteiger partial charge on any atom is 0.326 e. The largest absolute Gasteiger partial charge is 0.465 e. The van der Waals surface area contributed by atoms with Crippen molar-refractivity contribution < 1.29 is 14.3 Å². The minimum atomic E-state index is -0.488. The Morgan fingerprint density at radius 2 is 2.20 bits per heavy atom. The molecular weight excluding hydrogens is 256 g/mol. The molecule has 0 aromatic heterocycles. The first-order valence-corrected chi connectivity index (χ1v) is 7.71. The van der Waals surface area contributed by atoms with Crippen molar-refractivity contribution >= 4 is 5.97 Å². The van der Waals surface area contributed by atoms with E-state index in [9.17, 15) is 4.79 Å². The summed E-state index contributed by atoms with van der Waals surface area (Å²) < 4.78 is 10.4. The molecule has 5 nitrogen and oxygen atoms in total. The average Bonchev–Trinajstić information content (AvgIpc) is 2.88. The smallest absolute Gasteiger partial charge is 0.326 e. The molecule has 2 atom stereocenters. The van der Waals surface area contributed by atoms with E-state index in [1.807, 2.05) is 6.92 Å². The molecule has 20 heavy (non-hydrogen) atoms. The lowest BCUT2D eigenvalue weighted by molar-refractivity contribution is -0.151. The summed E-state index contributed by atoms with van der Waals surface area (Å²) in [4.78, 5) is 14.6. The van der Waals surface area contributed by atoms with Crippen molar-refractivity contribution in [3.63, 3.8) is 0 Å². The summed E-state index contributed by atoms with van der Waals surface area (Å²) in [6.45, 7) is 6.90. The van der Waals surface area contributed by atoms with Crippen LogP contribution in [0.4, 0.5) is 0 Å². The highest BCUT2D eigenvalue weighted by Gasteiger charge is 2.46. The van der Waals surface area contributed by atoms with Crippen molar-refractivity contribution in [1.29, 1.82) is 0 Å². The molecule has 1 N–H and O–H groups in total. The highest BCUT2D eigenvalue weighted by atomic mass is 16.5. The summed E-state index contributed by atoms with van der Waals surface area (Å²) in [7, 11) is 3.82. The molecule has 0 aliphatic heterocycles. The Labute approximate surface area is 123 Å². The topological polar surface area (TPSA) is 50.8 Å². The Kier molecular flexibility index (Phi) is 7.48. The van der Waals surface area contributed by atoms with E-state index >= 15 is 0 Å². The van der Waals surface area contributed by atoms with Crippen molar-refractivity contribution in [2.45, 2.75) is 51.1 Å². The van der Waals surface area contributed by atoms with E-state index in [0.29, 0.717) is 12.6 Å². The van der Waals surface area contributed by atoms with Crippen LogP contribution in [0.25, 0.3) is 0 Å². The van der Waals surface area contributed by atoms with Gasteiger partial charge in [-0.05, 0) is 46.2 Å². The Morgan fingerprint density at radius 1 is 1.45 bits per heavy atom. The third kappa shape index (κ3) is 4.43. The Hall–Kier alpha value is -0.650. The molecule has 0 spiro atoms. The van der Waals surface area contributed by atoms with Gasteiger partial charge in [0.1, 0.15) is 5.54 Å². The summed E-state index contributed by atoms with van der Waals surface area (Å²) in [6, 6.07) is 0.416. The number of carbonyl (C=O) groups is 1. The summed E-state index contributed by atoms with van der Waals surface area (Å²) in [5.74, 6) is -0.0870. The van der Waals surface area contributed by atoms with Gasteiger partial charge in [-0.25, -0.2) is 0 Å². The van der Waals surface area contributed by atoms with Crippen molar-refractivity contribution in [3.05, 3.63) is 0 Å². The zero-order valence-corrected chi connectivity index (χ0v) is 13.4. The molecule has 118 valence electrons. The van der Waals surface area contributed by atoms with Gasteiger partial charge in [0.25, 0.3) is 0 Å². The van der Waals surface area contributed by atoms with Crippen LogP contribution in [0, 0.1) is 0 Å². The molecular formula is C15H30N2O3. The zero-order chi connectivity index (χ0) is 15.0. The standard InChI is InChI=1S/C15H30N2O3/c1-5-9-16-15(14(18)20-6-2)8-7-13(12-15)17(3)10-11-19-4/h13,16H,5-12H2,1-4H3. The Balaban J connectivity index is 2.65. The third-order valence-electron chi connectivity index (χ3n) is 4.14. The molecule has 0 saturated heterocycles. The summed E-state index contributed by atoms with van der Waals surface area (Å²) in [5, 5.41) is 3.44. The second-order valence-corrected chi connectivity index (χ2v) is 5.60. The van der Waals surface area contributed by atoms with Crippen molar-refractivity contribution in [1.82, 2.24) is 10.2 Å². The highest BCUT2D eigenvalue weighted by Crippen LogP contribution is 2.34. The van der Waals surface area contributed by atoms with Gasteiger partial charge in [0.2, 0.25) is 0 Å². The van der Waals surface area contributed by atoms with Gasteiger partial charge in [0.15, 0.2) is 0 Å². The fourth-order valence-corrected chi connectivity index (χ4v) is 2.87. The number of hydrogen-bond donors (Lipinski definition) is 1. The predicted octanol–water partition coefficient (Wildman–Crippen LogP) is 1.42. The van der Waals surface area contributed by atoms with E-state index in [-0.39, 0.29) is 5.97 Å². The van der Waals surface area contributed by atoms with Gasteiger partial charge in [-0.1, -0.05) is 6.92 Å². The van der Waals surface area contributed by atoms with Gasteiger partial charge in [-0.2, -0.15) is 0 Å². The van der Waals surface area contributed by atoms with E-state index < -0.39 is 5.54 Å². The highest BCUT2D eigenvalue weighted by molar-refractivity contribution is 5.81. The van der Waals surface area contributed by atoms with Crippen LogP contribution in [0.1, 0.15) is 39.5 Å². The van der Waals surface area contributed by atoms with Gasteiger partial charge in [-0.15, -0.1) is 0 Å². The number of methoxy groups -OCH3 is 1.